The minimum atomic E-state index is -0.230. The van der Waals surface area contributed by atoms with E-state index in [4.69, 9.17) is 0 Å². The van der Waals surface area contributed by atoms with Crippen molar-refractivity contribution in [3.8, 4) is 0 Å². The quantitative estimate of drug-likeness (QED) is 0.819. The van der Waals surface area contributed by atoms with Crippen molar-refractivity contribution < 1.29 is 4.79 Å². The van der Waals surface area contributed by atoms with E-state index in [1.54, 1.807) is 0 Å². The monoisotopic (exact) mass is 244 g/mol. The van der Waals surface area contributed by atoms with Crippen molar-refractivity contribution in [3.63, 3.8) is 0 Å². The number of rotatable bonds is 1. The maximum absolute atomic E-state index is 12.8. The highest BCUT2D eigenvalue weighted by Gasteiger charge is 2.43. The van der Waals surface area contributed by atoms with Gasteiger partial charge < -0.3 is 10.2 Å². The van der Waals surface area contributed by atoms with Gasteiger partial charge in [0.25, 0.3) is 0 Å². The number of anilines is 1. The largest absolute Gasteiger partial charge is 0.316 e. The van der Waals surface area contributed by atoms with Crippen LogP contribution in [-0.2, 0) is 11.2 Å². The maximum Gasteiger partial charge on any atom is 0.234 e. The Labute approximate surface area is 108 Å². The summed E-state index contributed by atoms with van der Waals surface area (Å²) in [7, 11) is 0. The van der Waals surface area contributed by atoms with E-state index in [2.05, 4.69) is 37.4 Å². The van der Waals surface area contributed by atoms with E-state index in [0.29, 0.717) is 0 Å². The minimum absolute atomic E-state index is 0.230. The number of fused-ring (bicyclic) bond motifs is 1. The number of hydrogen-bond acceptors (Lipinski definition) is 2. The van der Waals surface area contributed by atoms with Crippen molar-refractivity contribution in [3.05, 3.63) is 29.8 Å². The maximum atomic E-state index is 12.8. The molecule has 3 rings (SSSR count). The standard InChI is InChI=1S/C15H20N2O/c1-11-9-12-5-3-4-6-13(12)17(11)14(18)15(2)7-8-16-10-15/h3-6,11,16H,7-10H2,1-2H3. The fourth-order valence-electron chi connectivity index (χ4n) is 3.17. The molecule has 2 aliphatic heterocycles. The Morgan fingerprint density at radius 1 is 1.44 bits per heavy atom. The predicted octanol–water partition coefficient (Wildman–Crippen LogP) is 1.96. The number of carbonyl (C=O) groups excluding carboxylic acids is 1. The van der Waals surface area contributed by atoms with Gasteiger partial charge in [0.2, 0.25) is 5.91 Å². The summed E-state index contributed by atoms with van der Waals surface area (Å²) in [6, 6.07) is 8.56. The normalized spacial score (nSPS) is 30.6. The molecular weight excluding hydrogens is 224 g/mol. The Bertz CT molecular complexity index is 477. The first-order valence-electron chi connectivity index (χ1n) is 6.74. The number of para-hydroxylation sites is 1. The highest BCUT2D eigenvalue weighted by Crippen LogP contribution is 2.37. The van der Waals surface area contributed by atoms with Crippen LogP contribution in [0.15, 0.2) is 24.3 Å². The van der Waals surface area contributed by atoms with Gasteiger partial charge in [-0.15, -0.1) is 0 Å². The molecule has 0 aromatic heterocycles. The first-order valence-corrected chi connectivity index (χ1v) is 6.74. The van der Waals surface area contributed by atoms with Crippen LogP contribution in [0.1, 0.15) is 25.8 Å². The van der Waals surface area contributed by atoms with Crippen LogP contribution in [0.3, 0.4) is 0 Å². The molecule has 2 atom stereocenters. The Kier molecular flexibility index (Phi) is 2.67. The van der Waals surface area contributed by atoms with Crippen molar-refractivity contribution in [1.82, 2.24) is 5.32 Å². The van der Waals surface area contributed by atoms with E-state index in [1.807, 2.05) is 11.0 Å². The number of nitrogens with one attached hydrogen (secondary N) is 1. The lowest BCUT2D eigenvalue weighted by atomic mass is 9.87. The van der Waals surface area contributed by atoms with Crippen molar-refractivity contribution in [2.24, 2.45) is 5.41 Å². The van der Waals surface area contributed by atoms with Crippen LogP contribution in [-0.4, -0.2) is 25.0 Å². The molecule has 2 unspecified atom stereocenters. The van der Waals surface area contributed by atoms with Crippen LogP contribution < -0.4 is 10.2 Å². The Hall–Kier alpha value is -1.35. The molecule has 0 saturated carbocycles. The first kappa shape index (κ1) is 11.7. The molecule has 0 aliphatic carbocycles. The van der Waals surface area contributed by atoms with Crippen molar-refractivity contribution in [2.75, 3.05) is 18.0 Å². The number of nitrogens with zero attached hydrogens (tertiary/aromatic N) is 1. The van der Waals surface area contributed by atoms with Crippen LogP contribution >= 0.6 is 0 Å². The average Bonchev–Trinajstić information content (AvgIpc) is 2.92. The lowest BCUT2D eigenvalue weighted by Crippen LogP contribution is -2.46. The topological polar surface area (TPSA) is 32.3 Å². The van der Waals surface area contributed by atoms with Crippen LogP contribution in [0.4, 0.5) is 5.69 Å². The summed E-state index contributed by atoms with van der Waals surface area (Å²) in [4.78, 5) is 14.8. The minimum Gasteiger partial charge on any atom is -0.316 e. The molecule has 2 heterocycles. The van der Waals surface area contributed by atoms with Crippen molar-refractivity contribution in [2.45, 2.75) is 32.7 Å². The lowest BCUT2D eigenvalue weighted by Gasteiger charge is -2.31. The molecule has 18 heavy (non-hydrogen) atoms. The van der Waals surface area contributed by atoms with Gasteiger partial charge in [0.05, 0.1) is 5.41 Å². The number of benzene rings is 1. The van der Waals surface area contributed by atoms with Gasteiger partial charge in [0.15, 0.2) is 0 Å². The second kappa shape index (κ2) is 4.09. The van der Waals surface area contributed by atoms with Gasteiger partial charge in [-0.3, -0.25) is 4.79 Å². The van der Waals surface area contributed by atoms with Gasteiger partial charge in [0.1, 0.15) is 0 Å². The van der Waals surface area contributed by atoms with Gasteiger partial charge in [-0.1, -0.05) is 18.2 Å². The van der Waals surface area contributed by atoms with E-state index < -0.39 is 0 Å². The molecule has 0 radical (unpaired) electrons. The highest BCUT2D eigenvalue weighted by atomic mass is 16.2. The summed E-state index contributed by atoms with van der Waals surface area (Å²) in [5.74, 6) is 0.282. The molecule has 0 spiro atoms. The molecule has 1 N–H and O–H groups in total. The average molecular weight is 244 g/mol. The van der Waals surface area contributed by atoms with Crippen LogP contribution in [0.25, 0.3) is 0 Å². The summed E-state index contributed by atoms with van der Waals surface area (Å²) >= 11 is 0. The van der Waals surface area contributed by atoms with Gasteiger partial charge in [-0.2, -0.15) is 0 Å². The van der Waals surface area contributed by atoms with E-state index in [-0.39, 0.29) is 17.4 Å². The third kappa shape index (κ3) is 1.65. The molecule has 0 bridgehead atoms. The first-order chi connectivity index (χ1) is 8.62. The van der Waals surface area contributed by atoms with Crippen LogP contribution in [0, 0.1) is 5.41 Å². The molecule has 1 amide bonds. The van der Waals surface area contributed by atoms with E-state index in [0.717, 1.165) is 31.6 Å². The molecule has 1 aromatic rings. The lowest BCUT2D eigenvalue weighted by molar-refractivity contribution is -0.126. The van der Waals surface area contributed by atoms with Gasteiger partial charge in [-0.25, -0.2) is 0 Å². The van der Waals surface area contributed by atoms with Gasteiger partial charge in [-0.05, 0) is 44.9 Å². The second-order valence-electron chi connectivity index (χ2n) is 5.84. The molecule has 1 saturated heterocycles. The van der Waals surface area contributed by atoms with E-state index in [9.17, 15) is 4.79 Å². The SMILES string of the molecule is CC1Cc2ccccc2N1C(=O)C1(C)CCNC1. The summed E-state index contributed by atoms with van der Waals surface area (Å²) in [5, 5.41) is 3.31. The third-order valence-electron chi connectivity index (χ3n) is 4.31. The number of amides is 1. The number of carbonyl (C=O) groups is 1. The second-order valence-corrected chi connectivity index (χ2v) is 5.84. The smallest absolute Gasteiger partial charge is 0.234 e. The third-order valence-corrected chi connectivity index (χ3v) is 4.31. The number of hydrogen-bond donors (Lipinski definition) is 1. The van der Waals surface area contributed by atoms with Gasteiger partial charge >= 0.3 is 0 Å². The fourth-order valence-corrected chi connectivity index (χ4v) is 3.17. The summed E-state index contributed by atoms with van der Waals surface area (Å²) < 4.78 is 0. The fraction of sp³-hybridized carbons (Fsp3) is 0.533. The van der Waals surface area contributed by atoms with Crippen molar-refractivity contribution in [1.29, 1.82) is 0 Å². The molecule has 3 nitrogen and oxygen atoms in total. The molecule has 3 heteroatoms. The molecular formula is C15H20N2O. The molecule has 2 aliphatic rings. The zero-order valence-corrected chi connectivity index (χ0v) is 11.1. The summed E-state index contributed by atoms with van der Waals surface area (Å²) in [6.07, 6.45) is 1.92. The van der Waals surface area contributed by atoms with Crippen LogP contribution in [0.5, 0.6) is 0 Å². The highest BCUT2D eigenvalue weighted by molar-refractivity contribution is 6.00. The summed E-state index contributed by atoms with van der Waals surface area (Å²) in [5.41, 5.74) is 2.18. The Balaban J connectivity index is 1.95. The van der Waals surface area contributed by atoms with Gasteiger partial charge in [0, 0.05) is 18.3 Å². The van der Waals surface area contributed by atoms with E-state index in [1.165, 1.54) is 5.56 Å². The summed E-state index contributed by atoms with van der Waals surface area (Å²) in [6.45, 7) is 5.98. The Morgan fingerprint density at radius 3 is 2.94 bits per heavy atom. The zero-order chi connectivity index (χ0) is 12.8. The van der Waals surface area contributed by atoms with Crippen LogP contribution in [0.2, 0.25) is 0 Å². The Morgan fingerprint density at radius 2 is 2.22 bits per heavy atom. The van der Waals surface area contributed by atoms with E-state index >= 15 is 0 Å². The molecule has 1 fully saturated rings. The molecule has 1 aromatic carbocycles. The zero-order valence-electron chi connectivity index (χ0n) is 11.1. The predicted molar refractivity (Wildman–Crippen MR) is 72.7 cm³/mol. The van der Waals surface area contributed by atoms with Crippen molar-refractivity contribution >= 4 is 11.6 Å². The molecule has 96 valence electrons.